The highest BCUT2D eigenvalue weighted by molar-refractivity contribution is 6.29. The van der Waals surface area contributed by atoms with Gasteiger partial charge in [-0.3, -0.25) is 4.79 Å². The summed E-state index contributed by atoms with van der Waals surface area (Å²) in [6.07, 6.45) is 1.67. The van der Waals surface area contributed by atoms with Gasteiger partial charge < -0.3 is 15.4 Å². The summed E-state index contributed by atoms with van der Waals surface area (Å²) >= 11 is 5.77. The molecule has 0 spiro atoms. The molecule has 7 nitrogen and oxygen atoms in total. The van der Waals surface area contributed by atoms with Gasteiger partial charge in [0, 0.05) is 18.2 Å². The zero-order chi connectivity index (χ0) is 16.3. The number of halogens is 1. The second-order valence-corrected chi connectivity index (χ2v) is 6.63. The third-order valence-corrected chi connectivity index (χ3v) is 3.31. The van der Waals surface area contributed by atoms with Crippen LogP contribution in [0.1, 0.15) is 44.1 Å². The van der Waals surface area contributed by atoms with E-state index in [-0.39, 0.29) is 22.9 Å². The van der Waals surface area contributed by atoms with Crippen molar-refractivity contribution in [3.8, 4) is 0 Å². The predicted molar refractivity (Wildman–Crippen MR) is 82.2 cm³/mol. The van der Waals surface area contributed by atoms with Gasteiger partial charge in [-0.25, -0.2) is 4.79 Å². The van der Waals surface area contributed by atoms with Crippen LogP contribution >= 0.6 is 11.6 Å². The molecule has 1 aliphatic carbocycles. The quantitative estimate of drug-likeness (QED) is 0.825. The van der Waals surface area contributed by atoms with E-state index in [2.05, 4.69) is 20.8 Å². The maximum absolute atomic E-state index is 11.6. The summed E-state index contributed by atoms with van der Waals surface area (Å²) < 4.78 is 5.20. The maximum Gasteiger partial charge on any atom is 0.407 e. The van der Waals surface area contributed by atoms with E-state index in [0.717, 1.165) is 12.8 Å². The van der Waals surface area contributed by atoms with Gasteiger partial charge in [0.1, 0.15) is 11.3 Å². The van der Waals surface area contributed by atoms with Gasteiger partial charge in [0.2, 0.25) is 0 Å². The van der Waals surface area contributed by atoms with Crippen LogP contribution in [0.5, 0.6) is 0 Å². The van der Waals surface area contributed by atoms with Crippen LogP contribution in [-0.2, 0) is 4.74 Å². The first-order valence-corrected chi connectivity index (χ1v) is 7.39. The first kappa shape index (κ1) is 16.5. The number of carbonyl (C=O) groups excluding carboxylic acids is 2. The highest BCUT2D eigenvalue weighted by Gasteiger charge is 2.32. The molecule has 1 amide bonds. The van der Waals surface area contributed by atoms with Gasteiger partial charge in [-0.15, -0.1) is 10.2 Å². The van der Waals surface area contributed by atoms with Crippen LogP contribution in [0, 0.1) is 0 Å². The minimum atomic E-state index is -0.510. The summed E-state index contributed by atoms with van der Waals surface area (Å²) in [6.45, 7) is 5.45. The normalized spacial score (nSPS) is 20.7. The van der Waals surface area contributed by atoms with E-state index in [4.69, 9.17) is 16.3 Å². The first-order valence-electron chi connectivity index (χ1n) is 7.01. The second kappa shape index (κ2) is 6.48. The van der Waals surface area contributed by atoms with E-state index >= 15 is 0 Å². The first-order chi connectivity index (χ1) is 10.3. The largest absolute Gasteiger partial charge is 0.444 e. The molecule has 2 N–H and O–H groups in total. The zero-order valence-electron chi connectivity index (χ0n) is 12.7. The maximum atomic E-state index is 11.6. The minimum Gasteiger partial charge on any atom is -0.444 e. The Morgan fingerprint density at radius 1 is 1.36 bits per heavy atom. The summed E-state index contributed by atoms with van der Waals surface area (Å²) in [5.41, 5.74) is 0.257. The van der Waals surface area contributed by atoms with Crippen LogP contribution in [0.4, 0.5) is 10.5 Å². The number of hydrogen-bond donors (Lipinski definition) is 2. The number of aldehydes is 1. The molecule has 0 atom stereocenters. The van der Waals surface area contributed by atoms with Crippen molar-refractivity contribution in [1.29, 1.82) is 0 Å². The number of nitrogens with zero attached hydrogens (tertiary/aromatic N) is 2. The van der Waals surface area contributed by atoms with Crippen LogP contribution < -0.4 is 10.6 Å². The summed E-state index contributed by atoms with van der Waals surface area (Å²) in [5, 5.41) is 13.5. The van der Waals surface area contributed by atoms with Gasteiger partial charge in [-0.05, 0) is 33.6 Å². The fraction of sp³-hybridized carbons (Fsp3) is 0.571. The van der Waals surface area contributed by atoms with Gasteiger partial charge >= 0.3 is 6.09 Å². The molecule has 120 valence electrons. The molecular formula is C14H19ClN4O3. The van der Waals surface area contributed by atoms with Gasteiger partial charge in [-0.1, -0.05) is 11.6 Å². The van der Waals surface area contributed by atoms with Crippen LogP contribution in [0.15, 0.2) is 6.07 Å². The minimum absolute atomic E-state index is 0.0531. The lowest BCUT2D eigenvalue weighted by Gasteiger charge is -2.37. The van der Waals surface area contributed by atoms with Crippen molar-refractivity contribution in [1.82, 2.24) is 15.5 Å². The molecule has 22 heavy (non-hydrogen) atoms. The van der Waals surface area contributed by atoms with Crippen LogP contribution in [0.3, 0.4) is 0 Å². The standard InChI is InChI=1S/C14H19ClN4O3/c1-14(2,3)22-13(21)17-9-4-8(5-9)16-10-6-12(15)19-18-11(10)7-20/h6-9H,4-5H2,1-3H3,(H,16,19)(H,17,21). The number of hydrogen-bond acceptors (Lipinski definition) is 6. The van der Waals surface area contributed by atoms with E-state index < -0.39 is 11.7 Å². The summed E-state index contributed by atoms with van der Waals surface area (Å²) in [5.74, 6) is 0. The van der Waals surface area contributed by atoms with Gasteiger partial charge in [0.05, 0.1) is 5.69 Å². The lowest BCUT2D eigenvalue weighted by atomic mass is 9.86. The fourth-order valence-corrected chi connectivity index (χ4v) is 2.27. The van der Waals surface area contributed by atoms with E-state index in [0.29, 0.717) is 12.0 Å². The van der Waals surface area contributed by atoms with Crippen molar-refractivity contribution >= 4 is 29.7 Å². The molecule has 1 saturated carbocycles. The van der Waals surface area contributed by atoms with Crippen LogP contribution in [0.2, 0.25) is 5.15 Å². The Labute approximate surface area is 133 Å². The fourth-order valence-electron chi connectivity index (χ4n) is 2.13. The number of amides is 1. The smallest absolute Gasteiger partial charge is 0.407 e. The number of nitrogens with one attached hydrogen (secondary N) is 2. The van der Waals surface area contributed by atoms with Crippen molar-refractivity contribution < 1.29 is 14.3 Å². The predicted octanol–water partition coefficient (Wildman–Crippen LogP) is 2.41. The van der Waals surface area contributed by atoms with E-state index in [1.165, 1.54) is 0 Å². The Kier molecular flexibility index (Phi) is 4.85. The number of ether oxygens (including phenoxy) is 1. The zero-order valence-corrected chi connectivity index (χ0v) is 13.5. The lowest BCUT2D eigenvalue weighted by molar-refractivity contribution is 0.0475. The van der Waals surface area contributed by atoms with Gasteiger partial charge in [0.15, 0.2) is 11.4 Å². The monoisotopic (exact) mass is 326 g/mol. The molecule has 0 unspecified atom stereocenters. The van der Waals surface area contributed by atoms with Gasteiger partial charge in [0.25, 0.3) is 0 Å². The third-order valence-electron chi connectivity index (χ3n) is 3.12. The molecule has 0 radical (unpaired) electrons. The number of rotatable bonds is 4. The molecule has 0 aliphatic heterocycles. The van der Waals surface area contributed by atoms with E-state index in [1.54, 1.807) is 6.07 Å². The Balaban J connectivity index is 1.81. The molecular weight excluding hydrogens is 308 g/mol. The SMILES string of the molecule is CC(C)(C)OC(=O)NC1CC(Nc2cc(Cl)nnc2C=O)C1. The second-order valence-electron chi connectivity index (χ2n) is 6.24. The van der Waals surface area contributed by atoms with Crippen LogP contribution in [-0.4, -0.2) is 40.3 Å². The van der Waals surface area contributed by atoms with Gasteiger partial charge in [-0.2, -0.15) is 0 Å². The lowest BCUT2D eigenvalue weighted by Crippen LogP contribution is -2.50. The van der Waals surface area contributed by atoms with Crippen LogP contribution in [0.25, 0.3) is 0 Å². The van der Waals surface area contributed by atoms with Crippen molar-refractivity contribution in [3.63, 3.8) is 0 Å². The Morgan fingerprint density at radius 2 is 2.05 bits per heavy atom. The molecule has 0 aromatic carbocycles. The third kappa shape index (κ3) is 4.56. The summed E-state index contributed by atoms with van der Waals surface area (Å²) in [6, 6.07) is 1.75. The number of anilines is 1. The molecule has 8 heteroatoms. The van der Waals surface area contributed by atoms with Crippen molar-refractivity contribution in [2.45, 2.75) is 51.3 Å². The van der Waals surface area contributed by atoms with Crippen molar-refractivity contribution in [2.24, 2.45) is 0 Å². The Morgan fingerprint density at radius 3 is 2.64 bits per heavy atom. The summed E-state index contributed by atoms with van der Waals surface area (Å²) in [4.78, 5) is 22.5. The number of carbonyl (C=O) groups is 2. The summed E-state index contributed by atoms with van der Waals surface area (Å²) in [7, 11) is 0. The highest BCUT2D eigenvalue weighted by Crippen LogP contribution is 2.26. The van der Waals surface area contributed by atoms with Crippen molar-refractivity contribution in [3.05, 3.63) is 16.9 Å². The molecule has 1 aromatic rings. The van der Waals surface area contributed by atoms with E-state index in [9.17, 15) is 9.59 Å². The molecule has 1 heterocycles. The number of alkyl carbamates (subject to hydrolysis) is 1. The molecule has 1 aliphatic rings. The van der Waals surface area contributed by atoms with E-state index in [1.807, 2.05) is 20.8 Å². The average Bonchev–Trinajstić information content (AvgIpc) is 2.34. The van der Waals surface area contributed by atoms with Crippen molar-refractivity contribution in [2.75, 3.05) is 5.32 Å². The molecule has 0 saturated heterocycles. The molecule has 0 bridgehead atoms. The number of aromatic nitrogens is 2. The molecule has 1 aromatic heterocycles. The average molecular weight is 327 g/mol. The molecule has 2 rings (SSSR count). The Hall–Kier alpha value is -1.89. The Bertz CT molecular complexity index is 568. The topological polar surface area (TPSA) is 93.2 Å². The molecule has 1 fully saturated rings. The highest BCUT2D eigenvalue weighted by atomic mass is 35.5.